The van der Waals surface area contributed by atoms with E-state index in [0.717, 1.165) is 62.6 Å². The zero-order chi connectivity index (χ0) is 21.3. The number of ether oxygens (including phenoxy) is 1. The quantitative estimate of drug-likeness (QED) is 0.709. The van der Waals surface area contributed by atoms with Gasteiger partial charge in [0.2, 0.25) is 11.8 Å². The average Bonchev–Trinajstić information content (AvgIpc) is 2.76. The van der Waals surface area contributed by atoms with Crippen molar-refractivity contribution in [1.29, 1.82) is 0 Å². The van der Waals surface area contributed by atoms with Gasteiger partial charge in [-0.25, -0.2) is 0 Å². The second-order valence-electron chi connectivity index (χ2n) is 7.95. The monoisotopic (exact) mass is 414 g/mol. The largest absolute Gasteiger partial charge is 0.378 e. The van der Waals surface area contributed by atoms with Gasteiger partial charge in [-0.05, 0) is 63.9 Å². The fraction of sp³-hybridized carbons (Fsp3) is 0.565. The number of benzene rings is 1. The highest BCUT2D eigenvalue weighted by Crippen LogP contribution is 2.21. The zero-order valence-corrected chi connectivity index (χ0v) is 18.2. The number of rotatable bonds is 8. The first-order valence-electron chi connectivity index (χ1n) is 11.0. The molecule has 0 unspecified atom stereocenters. The van der Waals surface area contributed by atoms with Gasteiger partial charge in [-0.15, -0.1) is 0 Å². The van der Waals surface area contributed by atoms with E-state index in [9.17, 15) is 9.59 Å². The van der Waals surface area contributed by atoms with Crippen LogP contribution in [0.5, 0.6) is 0 Å². The number of carbonyl (C=O) groups is 2. The van der Waals surface area contributed by atoms with Crippen molar-refractivity contribution in [2.24, 2.45) is 0 Å². The summed E-state index contributed by atoms with van der Waals surface area (Å²) in [6.07, 6.45) is 6.52. The third kappa shape index (κ3) is 6.31. The van der Waals surface area contributed by atoms with Gasteiger partial charge < -0.3 is 19.9 Å². The molecular weight excluding hydrogens is 380 g/mol. The van der Waals surface area contributed by atoms with Gasteiger partial charge in [0.05, 0.1) is 26.3 Å². The van der Waals surface area contributed by atoms with Crippen molar-refractivity contribution in [1.82, 2.24) is 9.80 Å². The molecular formula is C23H34N4O3. The molecule has 1 aliphatic carbocycles. The molecule has 164 valence electrons. The Morgan fingerprint density at radius 1 is 1.10 bits per heavy atom. The maximum absolute atomic E-state index is 12.7. The van der Waals surface area contributed by atoms with Crippen LogP contribution in [0.3, 0.4) is 0 Å². The van der Waals surface area contributed by atoms with E-state index < -0.39 is 0 Å². The number of morpholine rings is 1. The highest BCUT2D eigenvalue weighted by molar-refractivity contribution is 5.92. The lowest BCUT2D eigenvalue weighted by molar-refractivity contribution is -0.130. The van der Waals surface area contributed by atoms with E-state index in [1.54, 1.807) is 4.90 Å². The van der Waals surface area contributed by atoms with Gasteiger partial charge >= 0.3 is 0 Å². The summed E-state index contributed by atoms with van der Waals surface area (Å²) < 4.78 is 5.38. The van der Waals surface area contributed by atoms with E-state index in [1.165, 1.54) is 6.42 Å². The minimum atomic E-state index is -0.121. The highest BCUT2D eigenvalue weighted by Gasteiger charge is 2.20. The van der Waals surface area contributed by atoms with E-state index in [0.29, 0.717) is 6.54 Å². The molecule has 1 saturated heterocycles. The lowest BCUT2D eigenvalue weighted by atomic mass is 10.0. The van der Waals surface area contributed by atoms with Crippen LogP contribution < -0.4 is 10.2 Å². The van der Waals surface area contributed by atoms with E-state index >= 15 is 0 Å². The van der Waals surface area contributed by atoms with Crippen molar-refractivity contribution in [3.05, 3.63) is 36.0 Å². The maximum Gasteiger partial charge on any atom is 0.240 e. The summed E-state index contributed by atoms with van der Waals surface area (Å²) in [5.41, 5.74) is 3.03. The third-order valence-electron chi connectivity index (χ3n) is 5.58. The highest BCUT2D eigenvalue weighted by atomic mass is 16.5. The van der Waals surface area contributed by atoms with Gasteiger partial charge in [-0.2, -0.15) is 0 Å². The summed E-state index contributed by atoms with van der Waals surface area (Å²) in [5.74, 6) is -0.0693. The van der Waals surface area contributed by atoms with Gasteiger partial charge in [0.15, 0.2) is 0 Å². The number of likely N-dealkylation sites (N-methyl/N-ethyl adjacent to an activating group) is 2. The minimum Gasteiger partial charge on any atom is -0.378 e. The fourth-order valence-electron chi connectivity index (χ4n) is 4.00. The van der Waals surface area contributed by atoms with Gasteiger partial charge in [0, 0.05) is 36.7 Å². The molecule has 1 fully saturated rings. The summed E-state index contributed by atoms with van der Waals surface area (Å²) in [5, 5.41) is 2.92. The molecule has 7 nitrogen and oxygen atoms in total. The normalized spacial score (nSPS) is 16.9. The molecule has 0 aromatic heterocycles. The Morgan fingerprint density at radius 3 is 2.47 bits per heavy atom. The summed E-state index contributed by atoms with van der Waals surface area (Å²) in [4.78, 5) is 31.0. The number of hydrogen-bond donors (Lipinski definition) is 1. The molecule has 0 bridgehead atoms. The van der Waals surface area contributed by atoms with Crippen molar-refractivity contribution in [2.75, 3.05) is 63.2 Å². The fourth-order valence-corrected chi connectivity index (χ4v) is 4.00. The maximum atomic E-state index is 12.7. The molecule has 0 atom stereocenters. The minimum absolute atomic E-state index is 0.0517. The van der Waals surface area contributed by atoms with Gasteiger partial charge in [-0.1, -0.05) is 6.08 Å². The Kier molecular flexibility index (Phi) is 8.28. The van der Waals surface area contributed by atoms with Crippen LogP contribution in [0.1, 0.15) is 32.6 Å². The molecule has 1 aliphatic heterocycles. The van der Waals surface area contributed by atoms with Crippen LogP contribution in [0.15, 0.2) is 36.0 Å². The molecule has 2 aliphatic rings. The Hall–Kier alpha value is -2.38. The van der Waals surface area contributed by atoms with Crippen LogP contribution in [0, 0.1) is 0 Å². The van der Waals surface area contributed by atoms with Crippen molar-refractivity contribution in [3.8, 4) is 0 Å². The van der Waals surface area contributed by atoms with E-state index in [4.69, 9.17) is 4.74 Å². The first-order valence-corrected chi connectivity index (χ1v) is 11.0. The Morgan fingerprint density at radius 2 is 1.83 bits per heavy atom. The Balaban J connectivity index is 1.46. The third-order valence-corrected chi connectivity index (χ3v) is 5.58. The molecule has 1 aromatic rings. The Bertz CT molecular complexity index is 741. The molecule has 7 heteroatoms. The molecule has 1 N–H and O–H groups in total. The van der Waals surface area contributed by atoms with E-state index in [2.05, 4.69) is 16.3 Å². The second-order valence-corrected chi connectivity index (χ2v) is 7.95. The van der Waals surface area contributed by atoms with Crippen LogP contribution in [0.2, 0.25) is 0 Å². The lowest BCUT2D eigenvalue weighted by Gasteiger charge is -2.29. The molecule has 30 heavy (non-hydrogen) atoms. The second kappa shape index (κ2) is 11.1. The summed E-state index contributed by atoms with van der Waals surface area (Å²) >= 11 is 0. The first kappa shape index (κ1) is 22.3. The number of hydrogen-bond acceptors (Lipinski definition) is 5. The number of allylic oxidation sites excluding steroid dienone is 2. The Labute approximate surface area is 179 Å². The van der Waals surface area contributed by atoms with Crippen LogP contribution >= 0.6 is 0 Å². The first-order chi connectivity index (χ1) is 14.6. The molecule has 3 rings (SSSR count). The predicted octanol–water partition coefficient (Wildman–Crippen LogP) is 2.70. The summed E-state index contributed by atoms with van der Waals surface area (Å²) in [7, 11) is 1.81. The molecule has 0 saturated carbocycles. The predicted molar refractivity (Wildman–Crippen MR) is 120 cm³/mol. The van der Waals surface area contributed by atoms with Crippen molar-refractivity contribution < 1.29 is 14.3 Å². The van der Waals surface area contributed by atoms with Crippen LogP contribution in [-0.2, 0) is 14.3 Å². The summed E-state index contributed by atoms with van der Waals surface area (Å²) in [6.45, 7) is 6.34. The number of carbonyl (C=O) groups excluding carboxylic acids is 2. The average molecular weight is 415 g/mol. The van der Waals surface area contributed by atoms with Crippen LogP contribution in [-0.4, -0.2) is 74.6 Å². The molecule has 0 spiro atoms. The SMILES string of the molecule is CCN(C(=O)CN(C)CC(=O)Nc1ccc(N2CCOCC2)cc1)C1=CCCCC1. The van der Waals surface area contributed by atoms with Crippen LogP contribution in [0.4, 0.5) is 11.4 Å². The molecule has 0 radical (unpaired) electrons. The number of nitrogens with one attached hydrogen (secondary N) is 1. The van der Waals surface area contributed by atoms with Crippen molar-refractivity contribution >= 4 is 23.2 Å². The van der Waals surface area contributed by atoms with Crippen molar-refractivity contribution in [2.45, 2.75) is 32.6 Å². The number of amides is 2. The van der Waals surface area contributed by atoms with Crippen LogP contribution in [0.25, 0.3) is 0 Å². The number of anilines is 2. The van der Waals surface area contributed by atoms with Gasteiger partial charge in [0.1, 0.15) is 0 Å². The molecule has 2 amide bonds. The lowest BCUT2D eigenvalue weighted by Crippen LogP contribution is -2.41. The molecule has 1 heterocycles. The van der Waals surface area contributed by atoms with E-state index in [-0.39, 0.29) is 24.9 Å². The van der Waals surface area contributed by atoms with Gasteiger partial charge in [0.25, 0.3) is 0 Å². The van der Waals surface area contributed by atoms with Crippen molar-refractivity contribution in [3.63, 3.8) is 0 Å². The molecule has 1 aromatic carbocycles. The standard InChI is InChI=1S/C23H34N4O3/c1-3-27(21-7-5-4-6-8-21)23(29)18-25(2)17-22(28)24-19-9-11-20(12-10-19)26-13-15-30-16-14-26/h7,9-12H,3-6,8,13-18H2,1-2H3,(H,24,28). The smallest absolute Gasteiger partial charge is 0.240 e. The van der Waals surface area contributed by atoms with E-state index in [1.807, 2.05) is 43.1 Å². The topological polar surface area (TPSA) is 65.1 Å². The zero-order valence-electron chi connectivity index (χ0n) is 18.2. The summed E-state index contributed by atoms with van der Waals surface area (Å²) in [6, 6.07) is 7.88. The number of nitrogens with zero attached hydrogens (tertiary/aromatic N) is 3. The van der Waals surface area contributed by atoms with Gasteiger partial charge in [-0.3, -0.25) is 14.5 Å².